The molecule has 7 nitrogen and oxygen atoms in total. The minimum atomic E-state index is -4.60. The summed E-state index contributed by atoms with van der Waals surface area (Å²) in [5.41, 5.74) is -0.170. The lowest BCUT2D eigenvalue weighted by molar-refractivity contribution is -0.192. The van der Waals surface area contributed by atoms with E-state index < -0.39 is 23.4 Å². The van der Waals surface area contributed by atoms with Crippen LogP contribution in [-0.4, -0.2) is 35.0 Å². The van der Waals surface area contributed by atoms with Crippen molar-refractivity contribution in [3.05, 3.63) is 81.8 Å². The monoisotopic (exact) mass is 587 g/mol. The second kappa shape index (κ2) is 10.6. The molecule has 12 heteroatoms. The molecule has 2 amide bonds. The fourth-order valence-electron chi connectivity index (χ4n) is 4.33. The van der Waals surface area contributed by atoms with Gasteiger partial charge in [0.25, 0.3) is 5.91 Å². The van der Waals surface area contributed by atoms with Gasteiger partial charge in [0.1, 0.15) is 11.2 Å². The summed E-state index contributed by atoms with van der Waals surface area (Å²) in [5, 5.41) is 9.52. The standard InChI is InChI=1S/C28H22Cl2F3N5O2/c1-34-23-18-8-7-16(13-22(18)37-24(38-23)17-4-2-3-5-20(17)29)36-25(39)19-12-15(6-9-21(19)30)14-35-26(40)27(10-11-27)28(31,32)33/h2-9,12-13H,10-11,14H2,1H3,(H,35,40)(H,36,39)(H,34,37,38). The van der Waals surface area contributed by atoms with Crippen LogP contribution >= 0.6 is 23.2 Å². The molecule has 0 saturated heterocycles. The predicted molar refractivity (Wildman–Crippen MR) is 149 cm³/mol. The van der Waals surface area contributed by atoms with Crippen molar-refractivity contribution in [1.29, 1.82) is 0 Å². The average molecular weight is 588 g/mol. The number of amides is 2. The second-order valence-electron chi connectivity index (χ2n) is 9.39. The molecule has 0 bridgehead atoms. The highest BCUT2D eigenvalue weighted by Gasteiger charge is 2.68. The van der Waals surface area contributed by atoms with Gasteiger partial charge in [0, 0.05) is 30.2 Å². The maximum Gasteiger partial charge on any atom is 0.403 e. The molecule has 1 saturated carbocycles. The molecule has 0 atom stereocenters. The number of alkyl halides is 3. The molecule has 40 heavy (non-hydrogen) atoms. The van der Waals surface area contributed by atoms with Crippen LogP contribution in [0, 0.1) is 5.41 Å². The van der Waals surface area contributed by atoms with Crippen LogP contribution in [0.2, 0.25) is 10.0 Å². The zero-order valence-electron chi connectivity index (χ0n) is 21.0. The quantitative estimate of drug-likeness (QED) is 0.219. The Morgan fingerprint density at radius 2 is 1.73 bits per heavy atom. The van der Waals surface area contributed by atoms with E-state index in [1.807, 2.05) is 6.07 Å². The number of nitrogens with zero attached hydrogens (tertiary/aromatic N) is 2. The number of rotatable bonds is 7. The van der Waals surface area contributed by atoms with Crippen LogP contribution in [0.15, 0.2) is 60.7 Å². The van der Waals surface area contributed by atoms with E-state index in [0.717, 1.165) is 5.39 Å². The number of hydrogen-bond acceptors (Lipinski definition) is 5. The fraction of sp³-hybridized carbons (Fsp3) is 0.214. The number of hydrogen-bond donors (Lipinski definition) is 3. The summed E-state index contributed by atoms with van der Waals surface area (Å²) in [5.74, 6) is -0.631. The SMILES string of the molecule is CNc1nc(-c2ccccc2Cl)nc2cc(NC(=O)c3cc(CNC(=O)C4(C(F)(F)F)CC4)ccc3Cl)ccc12. The van der Waals surface area contributed by atoms with Gasteiger partial charge < -0.3 is 16.0 Å². The number of benzene rings is 3. The van der Waals surface area contributed by atoms with Crippen molar-refractivity contribution >= 4 is 57.4 Å². The van der Waals surface area contributed by atoms with E-state index in [1.54, 1.807) is 43.4 Å². The first-order chi connectivity index (χ1) is 19.0. The van der Waals surface area contributed by atoms with E-state index in [4.69, 9.17) is 23.2 Å². The third kappa shape index (κ3) is 5.29. The maximum atomic E-state index is 13.2. The molecule has 0 spiro atoms. The largest absolute Gasteiger partial charge is 0.403 e. The normalized spacial score (nSPS) is 14.1. The molecule has 4 aromatic rings. The summed E-state index contributed by atoms with van der Waals surface area (Å²) in [4.78, 5) is 34.5. The Morgan fingerprint density at radius 3 is 2.40 bits per heavy atom. The van der Waals surface area contributed by atoms with Gasteiger partial charge in [0.15, 0.2) is 5.82 Å². The van der Waals surface area contributed by atoms with Crippen molar-refractivity contribution in [2.24, 2.45) is 5.41 Å². The zero-order valence-corrected chi connectivity index (χ0v) is 22.5. The molecule has 1 aliphatic carbocycles. The molecule has 1 aromatic heterocycles. The molecule has 1 fully saturated rings. The smallest absolute Gasteiger partial charge is 0.373 e. The number of carbonyl (C=O) groups excluding carboxylic acids is 2. The van der Waals surface area contributed by atoms with E-state index in [9.17, 15) is 22.8 Å². The Labute approximate surface area is 237 Å². The molecule has 0 unspecified atom stereocenters. The minimum Gasteiger partial charge on any atom is -0.373 e. The lowest BCUT2D eigenvalue weighted by Crippen LogP contribution is -2.40. The van der Waals surface area contributed by atoms with Crippen LogP contribution in [-0.2, 0) is 11.3 Å². The minimum absolute atomic E-state index is 0.0980. The van der Waals surface area contributed by atoms with Crippen LogP contribution in [0.3, 0.4) is 0 Å². The van der Waals surface area contributed by atoms with Gasteiger partial charge in [-0.2, -0.15) is 13.2 Å². The summed E-state index contributed by atoms with van der Waals surface area (Å²) >= 11 is 12.6. The number of nitrogens with one attached hydrogen (secondary N) is 3. The van der Waals surface area contributed by atoms with Crippen molar-refractivity contribution in [3.63, 3.8) is 0 Å². The fourth-order valence-corrected chi connectivity index (χ4v) is 4.76. The Bertz CT molecular complexity index is 1640. The summed E-state index contributed by atoms with van der Waals surface area (Å²) in [6, 6.07) is 16.7. The molecule has 5 rings (SSSR count). The first kappa shape index (κ1) is 27.7. The molecule has 0 radical (unpaired) electrons. The Balaban J connectivity index is 1.37. The van der Waals surface area contributed by atoms with E-state index >= 15 is 0 Å². The molecular formula is C28H22Cl2F3N5O2. The highest BCUT2D eigenvalue weighted by molar-refractivity contribution is 6.34. The molecule has 1 aliphatic rings. The van der Waals surface area contributed by atoms with Gasteiger partial charge >= 0.3 is 6.18 Å². The highest BCUT2D eigenvalue weighted by Crippen LogP contribution is 2.57. The topological polar surface area (TPSA) is 96.0 Å². The third-order valence-electron chi connectivity index (χ3n) is 6.76. The molecule has 0 aliphatic heterocycles. The first-order valence-corrected chi connectivity index (χ1v) is 13.0. The molecule has 1 heterocycles. The number of carbonyl (C=O) groups is 2. The summed E-state index contributed by atoms with van der Waals surface area (Å²) in [7, 11) is 1.73. The second-order valence-corrected chi connectivity index (χ2v) is 10.2. The number of aromatic nitrogens is 2. The van der Waals surface area contributed by atoms with Crippen molar-refractivity contribution < 1.29 is 22.8 Å². The molecular weight excluding hydrogens is 566 g/mol. The Hall–Kier alpha value is -3.89. The van der Waals surface area contributed by atoms with Crippen LogP contribution in [0.1, 0.15) is 28.8 Å². The molecule has 206 valence electrons. The van der Waals surface area contributed by atoms with E-state index in [0.29, 0.717) is 39.0 Å². The number of halogens is 5. The van der Waals surface area contributed by atoms with E-state index in [1.165, 1.54) is 18.2 Å². The van der Waals surface area contributed by atoms with Gasteiger partial charge in [-0.05, 0) is 60.9 Å². The van der Waals surface area contributed by atoms with E-state index in [-0.39, 0.29) is 30.0 Å². The summed E-state index contributed by atoms with van der Waals surface area (Å²) < 4.78 is 39.7. The lowest BCUT2D eigenvalue weighted by Gasteiger charge is -2.18. The van der Waals surface area contributed by atoms with Crippen molar-refractivity contribution in [3.8, 4) is 11.4 Å². The summed E-state index contributed by atoms with van der Waals surface area (Å²) in [6.45, 7) is -0.182. The summed E-state index contributed by atoms with van der Waals surface area (Å²) in [6.07, 6.45) is -5.07. The average Bonchev–Trinajstić information content (AvgIpc) is 3.74. The highest BCUT2D eigenvalue weighted by atomic mass is 35.5. The van der Waals surface area contributed by atoms with Crippen molar-refractivity contribution in [1.82, 2.24) is 15.3 Å². The van der Waals surface area contributed by atoms with Gasteiger partial charge in [-0.15, -0.1) is 0 Å². The van der Waals surface area contributed by atoms with Gasteiger partial charge in [-0.25, -0.2) is 9.97 Å². The zero-order chi connectivity index (χ0) is 28.7. The van der Waals surface area contributed by atoms with Crippen LogP contribution in [0.25, 0.3) is 22.3 Å². The van der Waals surface area contributed by atoms with Crippen LogP contribution < -0.4 is 16.0 Å². The molecule has 3 aromatic carbocycles. The number of fused-ring (bicyclic) bond motifs is 1. The molecule has 3 N–H and O–H groups in total. The maximum absolute atomic E-state index is 13.2. The van der Waals surface area contributed by atoms with Gasteiger partial charge in [0.2, 0.25) is 5.91 Å². The first-order valence-electron chi connectivity index (χ1n) is 12.2. The van der Waals surface area contributed by atoms with Gasteiger partial charge in [-0.3, -0.25) is 9.59 Å². The van der Waals surface area contributed by atoms with Gasteiger partial charge in [0.05, 0.1) is 21.1 Å². The third-order valence-corrected chi connectivity index (χ3v) is 7.42. The van der Waals surface area contributed by atoms with Gasteiger partial charge in [-0.1, -0.05) is 41.4 Å². The van der Waals surface area contributed by atoms with E-state index in [2.05, 4.69) is 25.9 Å². The van der Waals surface area contributed by atoms with Crippen LogP contribution in [0.4, 0.5) is 24.7 Å². The predicted octanol–water partition coefficient (Wildman–Crippen LogP) is 6.86. The number of anilines is 2. The van der Waals surface area contributed by atoms with Crippen molar-refractivity contribution in [2.75, 3.05) is 17.7 Å². The Morgan fingerprint density at radius 1 is 0.975 bits per heavy atom. The van der Waals surface area contributed by atoms with Crippen molar-refractivity contribution in [2.45, 2.75) is 25.6 Å². The van der Waals surface area contributed by atoms with Crippen LogP contribution in [0.5, 0.6) is 0 Å². The Kier molecular flexibility index (Phi) is 7.32. The lowest BCUT2D eigenvalue weighted by atomic mass is 10.1.